The molecule has 3 heteroatoms. The van der Waals surface area contributed by atoms with Crippen LogP contribution in [0.4, 0.5) is 0 Å². The summed E-state index contributed by atoms with van der Waals surface area (Å²) in [5.41, 5.74) is 2.90. The highest BCUT2D eigenvalue weighted by atomic mass is 16.2. The van der Waals surface area contributed by atoms with Crippen LogP contribution >= 0.6 is 0 Å². The number of piperidine rings is 1. The maximum Gasteiger partial charge on any atom is 0.239 e. The highest BCUT2D eigenvalue weighted by Crippen LogP contribution is 2.35. The number of amides is 1. The van der Waals surface area contributed by atoms with Crippen molar-refractivity contribution in [1.29, 1.82) is 0 Å². The molecule has 96 valence electrons. The zero-order valence-corrected chi connectivity index (χ0v) is 10.9. The summed E-state index contributed by atoms with van der Waals surface area (Å²) in [4.78, 5) is 14.3. The third kappa shape index (κ3) is 1.93. The van der Waals surface area contributed by atoms with E-state index in [1.165, 1.54) is 11.1 Å². The van der Waals surface area contributed by atoms with Gasteiger partial charge in [-0.25, -0.2) is 0 Å². The molecule has 3 nitrogen and oxygen atoms in total. The average Bonchev–Trinajstić information content (AvgIpc) is 2.38. The number of fused-ring (bicyclic) bond motifs is 1. The van der Waals surface area contributed by atoms with Gasteiger partial charge in [0.1, 0.15) is 0 Å². The van der Waals surface area contributed by atoms with Gasteiger partial charge in [-0.3, -0.25) is 4.79 Å². The fraction of sp³-hybridized carbons (Fsp3) is 0.533. The van der Waals surface area contributed by atoms with Gasteiger partial charge < -0.3 is 10.2 Å². The van der Waals surface area contributed by atoms with Gasteiger partial charge in [0.25, 0.3) is 0 Å². The number of likely N-dealkylation sites (N-methyl/N-ethyl adjacent to an activating group) is 1. The number of hydrogen-bond acceptors (Lipinski definition) is 2. The smallest absolute Gasteiger partial charge is 0.239 e. The summed E-state index contributed by atoms with van der Waals surface area (Å²) in [5, 5.41) is 3.12. The van der Waals surface area contributed by atoms with Gasteiger partial charge >= 0.3 is 0 Å². The van der Waals surface area contributed by atoms with E-state index < -0.39 is 0 Å². The molecular weight excluding hydrogens is 224 g/mol. The molecule has 1 N–H and O–H groups in total. The number of hydrogen-bond donors (Lipinski definition) is 1. The Morgan fingerprint density at radius 3 is 3.00 bits per heavy atom. The quantitative estimate of drug-likeness (QED) is 0.874. The predicted molar refractivity (Wildman–Crippen MR) is 71.5 cm³/mol. The van der Waals surface area contributed by atoms with Crippen LogP contribution in [-0.4, -0.2) is 37.0 Å². The SMILES string of the molecule is CNC1CCCN(CC2Cc3ccccc32)C1=O. The second kappa shape index (κ2) is 4.73. The molecule has 1 aliphatic heterocycles. The maximum atomic E-state index is 12.2. The Labute approximate surface area is 108 Å². The van der Waals surface area contributed by atoms with Crippen LogP contribution in [0.15, 0.2) is 24.3 Å². The first kappa shape index (κ1) is 11.7. The summed E-state index contributed by atoms with van der Waals surface area (Å²) < 4.78 is 0. The minimum Gasteiger partial charge on any atom is -0.341 e. The van der Waals surface area contributed by atoms with Crippen molar-refractivity contribution >= 4 is 5.91 Å². The number of rotatable bonds is 3. The van der Waals surface area contributed by atoms with Crippen molar-refractivity contribution in [3.05, 3.63) is 35.4 Å². The van der Waals surface area contributed by atoms with E-state index in [9.17, 15) is 4.79 Å². The highest BCUT2D eigenvalue weighted by molar-refractivity contribution is 5.82. The van der Waals surface area contributed by atoms with Crippen LogP contribution in [0.25, 0.3) is 0 Å². The summed E-state index contributed by atoms with van der Waals surface area (Å²) in [7, 11) is 1.88. The van der Waals surface area contributed by atoms with Gasteiger partial charge in [-0.15, -0.1) is 0 Å². The Balaban J connectivity index is 1.66. The largest absolute Gasteiger partial charge is 0.341 e. The summed E-state index contributed by atoms with van der Waals surface area (Å²) in [6, 6.07) is 8.62. The molecule has 18 heavy (non-hydrogen) atoms. The Hall–Kier alpha value is -1.35. The van der Waals surface area contributed by atoms with E-state index in [0.29, 0.717) is 5.92 Å². The van der Waals surface area contributed by atoms with Crippen molar-refractivity contribution in [3.63, 3.8) is 0 Å². The van der Waals surface area contributed by atoms with Crippen molar-refractivity contribution in [2.45, 2.75) is 31.2 Å². The Bertz CT molecular complexity index is 458. The minimum atomic E-state index is 0.0362. The fourth-order valence-corrected chi connectivity index (χ4v) is 3.18. The van der Waals surface area contributed by atoms with Crippen molar-refractivity contribution in [1.82, 2.24) is 10.2 Å². The average molecular weight is 244 g/mol. The summed E-state index contributed by atoms with van der Waals surface area (Å²) in [5.74, 6) is 0.842. The Morgan fingerprint density at radius 2 is 2.22 bits per heavy atom. The van der Waals surface area contributed by atoms with Crippen LogP contribution in [0, 0.1) is 0 Å². The van der Waals surface area contributed by atoms with Gasteiger partial charge in [0.2, 0.25) is 5.91 Å². The van der Waals surface area contributed by atoms with E-state index in [-0.39, 0.29) is 11.9 Å². The number of nitrogens with zero attached hydrogens (tertiary/aromatic N) is 1. The topological polar surface area (TPSA) is 32.3 Å². The fourth-order valence-electron chi connectivity index (χ4n) is 3.18. The third-order valence-corrected chi connectivity index (χ3v) is 4.28. The van der Waals surface area contributed by atoms with Crippen LogP contribution in [0.2, 0.25) is 0 Å². The molecule has 2 unspecified atom stereocenters. The Morgan fingerprint density at radius 1 is 1.39 bits per heavy atom. The van der Waals surface area contributed by atoms with Gasteiger partial charge in [-0.2, -0.15) is 0 Å². The molecule has 0 saturated carbocycles. The lowest BCUT2D eigenvalue weighted by Crippen LogP contribution is -2.51. The first-order valence-corrected chi connectivity index (χ1v) is 6.83. The van der Waals surface area contributed by atoms with Crippen molar-refractivity contribution in [2.75, 3.05) is 20.1 Å². The monoisotopic (exact) mass is 244 g/mol. The zero-order valence-electron chi connectivity index (χ0n) is 10.9. The van der Waals surface area contributed by atoms with E-state index in [4.69, 9.17) is 0 Å². The van der Waals surface area contributed by atoms with Crippen molar-refractivity contribution < 1.29 is 4.79 Å². The Kier molecular flexibility index (Phi) is 3.08. The maximum absolute atomic E-state index is 12.2. The highest BCUT2D eigenvalue weighted by Gasteiger charge is 2.32. The molecule has 1 fully saturated rings. The van der Waals surface area contributed by atoms with Gasteiger partial charge in [0, 0.05) is 19.0 Å². The summed E-state index contributed by atoms with van der Waals surface area (Å²) in [6.45, 7) is 1.82. The van der Waals surface area contributed by atoms with Gasteiger partial charge in [-0.05, 0) is 37.4 Å². The van der Waals surface area contributed by atoms with Crippen molar-refractivity contribution in [2.24, 2.45) is 0 Å². The van der Waals surface area contributed by atoms with Gasteiger partial charge in [-0.1, -0.05) is 24.3 Å². The molecule has 3 rings (SSSR count). The molecule has 0 bridgehead atoms. The zero-order chi connectivity index (χ0) is 12.5. The first-order valence-electron chi connectivity index (χ1n) is 6.83. The molecule has 1 heterocycles. The second-order valence-electron chi connectivity index (χ2n) is 5.37. The van der Waals surface area contributed by atoms with Gasteiger partial charge in [0.15, 0.2) is 0 Å². The lowest BCUT2D eigenvalue weighted by Gasteiger charge is -2.38. The summed E-state index contributed by atoms with van der Waals surface area (Å²) >= 11 is 0. The summed E-state index contributed by atoms with van der Waals surface area (Å²) in [6.07, 6.45) is 3.23. The molecule has 0 spiro atoms. The predicted octanol–water partition coefficient (Wildman–Crippen LogP) is 1.54. The van der Waals surface area contributed by atoms with Crippen LogP contribution in [0.1, 0.15) is 29.9 Å². The lowest BCUT2D eigenvalue weighted by molar-refractivity contribution is -0.136. The number of carbonyl (C=O) groups is 1. The number of benzene rings is 1. The molecule has 1 saturated heterocycles. The second-order valence-corrected chi connectivity index (χ2v) is 5.37. The molecule has 1 aromatic carbocycles. The third-order valence-electron chi connectivity index (χ3n) is 4.28. The molecule has 0 aromatic heterocycles. The standard InChI is InChI=1S/C15H20N2O/c1-16-14-7-4-8-17(15(14)18)10-12-9-11-5-2-3-6-13(11)12/h2-3,5-6,12,14,16H,4,7-10H2,1H3. The van der Waals surface area contributed by atoms with E-state index in [0.717, 1.165) is 32.4 Å². The molecule has 2 atom stereocenters. The molecule has 0 radical (unpaired) electrons. The van der Waals surface area contributed by atoms with E-state index in [2.05, 4.69) is 29.6 Å². The lowest BCUT2D eigenvalue weighted by atomic mass is 9.77. The van der Waals surface area contributed by atoms with Crippen LogP contribution in [0.5, 0.6) is 0 Å². The van der Waals surface area contributed by atoms with Crippen LogP contribution in [0.3, 0.4) is 0 Å². The molecule has 1 amide bonds. The normalized spacial score (nSPS) is 26.7. The molecular formula is C15H20N2O. The number of likely N-dealkylation sites (tertiary alicyclic amines) is 1. The number of nitrogens with one attached hydrogen (secondary N) is 1. The van der Waals surface area contributed by atoms with Crippen molar-refractivity contribution in [3.8, 4) is 0 Å². The van der Waals surface area contributed by atoms with E-state index >= 15 is 0 Å². The molecule has 1 aromatic rings. The first-order chi connectivity index (χ1) is 8.79. The molecule has 2 aliphatic rings. The van der Waals surface area contributed by atoms with Gasteiger partial charge in [0.05, 0.1) is 6.04 Å². The van der Waals surface area contributed by atoms with Crippen LogP contribution < -0.4 is 5.32 Å². The number of carbonyl (C=O) groups excluding carboxylic acids is 1. The van der Waals surface area contributed by atoms with Crippen LogP contribution in [-0.2, 0) is 11.2 Å². The minimum absolute atomic E-state index is 0.0362. The van der Waals surface area contributed by atoms with E-state index in [1.807, 2.05) is 11.9 Å². The molecule has 1 aliphatic carbocycles. The van der Waals surface area contributed by atoms with E-state index in [1.54, 1.807) is 0 Å².